The molecule has 3 aromatic rings. The Morgan fingerprint density at radius 2 is 1.66 bits per heavy atom. The smallest absolute Gasteiger partial charge is 0.359 e. The normalized spacial score (nSPS) is 14.3. The second-order valence-corrected chi connectivity index (χ2v) is 7.03. The number of aromatic nitrogens is 3. The SMILES string of the molecule is COc1ccc(/C=C2\Sc3c(C(=O)O)nnn3N=C2c2ccc(OC)cc2)cc1. The molecule has 2 heterocycles. The van der Waals surface area contributed by atoms with Crippen LogP contribution in [0.25, 0.3) is 6.08 Å². The van der Waals surface area contributed by atoms with Gasteiger partial charge in [0.2, 0.25) is 5.69 Å². The van der Waals surface area contributed by atoms with Crippen LogP contribution in [0.3, 0.4) is 0 Å². The molecule has 29 heavy (non-hydrogen) atoms. The summed E-state index contributed by atoms with van der Waals surface area (Å²) >= 11 is 1.26. The van der Waals surface area contributed by atoms with E-state index in [1.54, 1.807) is 14.2 Å². The van der Waals surface area contributed by atoms with Crippen LogP contribution in [0, 0.1) is 0 Å². The molecule has 146 valence electrons. The minimum Gasteiger partial charge on any atom is -0.497 e. The molecule has 0 aliphatic carbocycles. The molecule has 1 aromatic heterocycles. The highest BCUT2D eigenvalue weighted by molar-refractivity contribution is 8.04. The maximum absolute atomic E-state index is 11.5. The monoisotopic (exact) mass is 408 g/mol. The molecular weight excluding hydrogens is 392 g/mol. The quantitative estimate of drug-likeness (QED) is 0.691. The number of methoxy groups -OCH3 is 2. The Kier molecular flexibility index (Phi) is 5.05. The molecule has 1 aliphatic heterocycles. The summed E-state index contributed by atoms with van der Waals surface area (Å²) in [6.45, 7) is 0. The van der Waals surface area contributed by atoms with Crippen molar-refractivity contribution in [2.75, 3.05) is 14.2 Å². The van der Waals surface area contributed by atoms with Gasteiger partial charge in [0.1, 0.15) is 17.2 Å². The van der Waals surface area contributed by atoms with E-state index in [4.69, 9.17) is 9.47 Å². The molecule has 0 spiro atoms. The third-order valence-corrected chi connectivity index (χ3v) is 5.31. The Labute approximate surface area is 170 Å². The molecule has 0 saturated heterocycles. The molecule has 9 heteroatoms. The predicted molar refractivity (Wildman–Crippen MR) is 109 cm³/mol. The molecule has 8 nitrogen and oxygen atoms in total. The molecular formula is C20H16N4O4S. The number of benzene rings is 2. The minimum absolute atomic E-state index is 0.131. The van der Waals surface area contributed by atoms with E-state index in [9.17, 15) is 9.90 Å². The number of fused-ring (bicyclic) bond motifs is 1. The van der Waals surface area contributed by atoms with E-state index >= 15 is 0 Å². The van der Waals surface area contributed by atoms with E-state index in [0.717, 1.165) is 27.5 Å². The highest BCUT2D eigenvalue weighted by atomic mass is 32.2. The predicted octanol–water partition coefficient (Wildman–Crippen LogP) is 3.39. The third-order valence-electron chi connectivity index (χ3n) is 4.23. The van der Waals surface area contributed by atoms with E-state index < -0.39 is 5.97 Å². The zero-order valence-electron chi connectivity index (χ0n) is 15.6. The fourth-order valence-corrected chi connectivity index (χ4v) is 3.79. The second-order valence-electron chi connectivity index (χ2n) is 6.00. The molecule has 0 radical (unpaired) electrons. The van der Waals surface area contributed by atoms with Gasteiger partial charge in [0.15, 0.2) is 5.03 Å². The van der Waals surface area contributed by atoms with Gasteiger partial charge in [0, 0.05) is 10.5 Å². The number of allylic oxidation sites excluding steroid dienone is 1. The van der Waals surface area contributed by atoms with Crippen LogP contribution in [0.15, 0.2) is 63.6 Å². The summed E-state index contributed by atoms with van der Waals surface area (Å²) in [5.74, 6) is 0.335. The molecule has 0 atom stereocenters. The molecule has 4 rings (SSSR count). The zero-order chi connectivity index (χ0) is 20.4. The number of thioether (sulfide) groups is 1. The van der Waals surface area contributed by atoms with Crippen LogP contribution in [0.1, 0.15) is 21.6 Å². The molecule has 1 aliphatic rings. The lowest BCUT2D eigenvalue weighted by Crippen LogP contribution is -2.13. The van der Waals surface area contributed by atoms with Crippen molar-refractivity contribution in [1.29, 1.82) is 0 Å². The molecule has 0 saturated carbocycles. The number of ether oxygens (including phenoxy) is 2. The summed E-state index contributed by atoms with van der Waals surface area (Å²) in [4.78, 5) is 13.5. The zero-order valence-corrected chi connectivity index (χ0v) is 16.4. The fraction of sp³-hybridized carbons (Fsp3) is 0.100. The van der Waals surface area contributed by atoms with Crippen LogP contribution >= 0.6 is 11.8 Å². The molecule has 1 N–H and O–H groups in total. The number of hydrogen-bond acceptors (Lipinski definition) is 7. The summed E-state index contributed by atoms with van der Waals surface area (Å²) in [6.07, 6.45) is 1.94. The van der Waals surface area contributed by atoms with E-state index in [1.807, 2.05) is 54.6 Å². The maximum Gasteiger partial charge on any atom is 0.359 e. The summed E-state index contributed by atoms with van der Waals surface area (Å²) in [7, 11) is 3.22. The van der Waals surface area contributed by atoms with Crippen LogP contribution in [0.2, 0.25) is 0 Å². The first kappa shape index (κ1) is 18.8. The Morgan fingerprint density at radius 1 is 1.03 bits per heavy atom. The first-order valence-electron chi connectivity index (χ1n) is 8.55. The van der Waals surface area contributed by atoms with Crippen LogP contribution in [0.4, 0.5) is 0 Å². The summed E-state index contributed by atoms with van der Waals surface area (Å²) in [6, 6.07) is 15.0. The summed E-state index contributed by atoms with van der Waals surface area (Å²) < 4.78 is 10.4. The lowest BCUT2D eigenvalue weighted by molar-refractivity contribution is 0.0686. The van der Waals surface area contributed by atoms with Crippen molar-refractivity contribution in [2.45, 2.75) is 5.03 Å². The number of carboxylic acid groups (broad SMARTS) is 1. The molecule has 0 amide bonds. The van der Waals surface area contributed by atoms with Crippen molar-refractivity contribution >= 4 is 29.5 Å². The van der Waals surface area contributed by atoms with Crippen molar-refractivity contribution in [1.82, 2.24) is 15.1 Å². The van der Waals surface area contributed by atoms with Crippen LogP contribution < -0.4 is 9.47 Å². The van der Waals surface area contributed by atoms with E-state index in [2.05, 4.69) is 15.4 Å². The van der Waals surface area contributed by atoms with Gasteiger partial charge in [-0.2, -0.15) is 0 Å². The van der Waals surface area contributed by atoms with Crippen LogP contribution in [-0.2, 0) is 0 Å². The van der Waals surface area contributed by atoms with Gasteiger partial charge in [0.05, 0.1) is 14.2 Å². The van der Waals surface area contributed by atoms with Gasteiger partial charge in [-0.3, -0.25) is 0 Å². The van der Waals surface area contributed by atoms with E-state index in [0.29, 0.717) is 10.7 Å². The average Bonchev–Trinajstić information content (AvgIpc) is 3.17. The van der Waals surface area contributed by atoms with Crippen molar-refractivity contribution in [3.05, 3.63) is 70.3 Å². The number of carbonyl (C=O) groups is 1. The molecule has 0 bridgehead atoms. The van der Waals surface area contributed by atoms with Gasteiger partial charge in [-0.15, -0.1) is 15.0 Å². The number of aromatic carboxylic acids is 1. The van der Waals surface area contributed by atoms with Crippen molar-refractivity contribution in [3.63, 3.8) is 0 Å². The second kappa shape index (κ2) is 7.80. The van der Waals surface area contributed by atoms with Gasteiger partial charge in [-0.05, 0) is 53.3 Å². The summed E-state index contributed by atoms with van der Waals surface area (Å²) in [5.41, 5.74) is 2.29. The van der Waals surface area contributed by atoms with Gasteiger partial charge in [-0.1, -0.05) is 23.9 Å². The highest BCUT2D eigenvalue weighted by Gasteiger charge is 2.27. The van der Waals surface area contributed by atoms with E-state index in [-0.39, 0.29) is 5.69 Å². The third kappa shape index (κ3) is 3.72. The molecule has 0 fully saturated rings. The van der Waals surface area contributed by atoms with Crippen molar-refractivity contribution in [2.24, 2.45) is 5.10 Å². The van der Waals surface area contributed by atoms with Crippen molar-refractivity contribution in [3.8, 4) is 11.5 Å². The highest BCUT2D eigenvalue weighted by Crippen LogP contribution is 2.37. The Bertz CT molecular complexity index is 1120. The number of hydrogen-bond donors (Lipinski definition) is 1. The van der Waals surface area contributed by atoms with E-state index in [1.165, 1.54) is 16.6 Å². The number of rotatable bonds is 5. The van der Waals surface area contributed by atoms with Crippen molar-refractivity contribution < 1.29 is 19.4 Å². The molecule has 2 aromatic carbocycles. The first-order valence-corrected chi connectivity index (χ1v) is 9.37. The van der Waals surface area contributed by atoms with Crippen LogP contribution in [0.5, 0.6) is 11.5 Å². The summed E-state index contributed by atoms with van der Waals surface area (Å²) in [5, 5.41) is 21.9. The van der Waals surface area contributed by atoms with Gasteiger partial charge in [0.25, 0.3) is 0 Å². The maximum atomic E-state index is 11.5. The Morgan fingerprint density at radius 3 is 2.24 bits per heavy atom. The standard InChI is InChI=1S/C20H16N4O4S/c1-27-14-7-3-12(4-8-14)11-16-17(13-5-9-15(28-2)10-6-13)22-24-19(29-16)18(20(25)26)21-23-24/h3-11H,1-2H3,(H,25,26)/b16-11-. The lowest BCUT2D eigenvalue weighted by atomic mass is 10.1. The average molecular weight is 408 g/mol. The Hall–Kier alpha value is -3.59. The lowest BCUT2D eigenvalue weighted by Gasteiger charge is -2.16. The van der Waals surface area contributed by atoms with Gasteiger partial charge >= 0.3 is 5.97 Å². The van der Waals surface area contributed by atoms with Crippen LogP contribution in [-0.4, -0.2) is 46.1 Å². The minimum atomic E-state index is -1.15. The fourth-order valence-electron chi connectivity index (χ4n) is 2.75. The first-order chi connectivity index (χ1) is 14.1. The number of carboxylic acids is 1. The van der Waals surface area contributed by atoms with Gasteiger partial charge in [-0.25, -0.2) is 4.79 Å². The largest absolute Gasteiger partial charge is 0.497 e. The number of nitrogens with zero attached hydrogens (tertiary/aromatic N) is 4. The molecule has 0 unspecified atom stereocenters. The topological polar surface area (TPSA) is 98.8 Å². The Balaban J connectivity index is 1.82. The van der Waals surface area contributed by atoms with Gasteiger partial charge < -0.3 is 14.6 Å².